The van der Waals surface area contributed by atoms with Crippen LogP contribution in [0.25, 0.3) is 10.4 Å². The zero-order chi connectivity index (χ0) is 26.1. The number of carbonyl (C=O) groups is 3. The third-order valence-corrected chi connectivity index (χ3v) is 8.22. The van der Waals surface area contributed by atoms with Gasteiger partial charge in [0.25, 0.3) is 5.91 Å². The number of nitrogens with zero attached hydrogens (tertiary/aromatic N) is 3. The number of benzene rings is 2. The van der Waals surface area contributed by atoms with Crippen LogP contribution < -0.4 is 0 Å². The van der Waals surface area contributed by atoms with Crippen molar-refractivity contribution in [2.24, 2.45) is 0 Å². The van der Waals surface area contributed by atoms with Gasteiger partial charge in [0.15, 0.2) is 5.78 Å². The number of likely N-dealkylation sites (tertiary alicyclic amines) is 1. The predicted octanol–water partition coefficient (Wildman–Crippen LogP) is 2.60. The average Bonchev–Trinajstić information content (AvgIpc) is 3.60. The molecule has 0 radical (unpaired) electrons. The van der Waals surface area contributed by atoms with Crippen molar-refractivity contribution >= 4 is 28.9 Å². The molecule has 0 spiro atoms. The van der Waals surface area contributed by atoms with Gasteiger partial charge in [0.1, 0.15) is 6.04 Å². The Balaban J connectivity index is 1.25. The SMILES string of the molecule is Cc1ncsc1-c1ccc(CCC(=O)[C@@H]2C[C@@H](O)CN2C(=O)[C@H](CO)N2Cc3ccccc3C2=O)cc1. The Bertz CT molecular complexity index is 1320. The third kappa shape index (κ3) is 4.94. The lowest BCUT2D eigenvalue weighted by atomic mass is 10.00. The van der Waals surface area contributed by atoms with Crippen molar-refractivity contribution in [2.75, 3.05) is 13.2 Å². The molecule has 2 aromatic carbocycles. The van der Waals surface area contributed by atoms with E-state index in [9.17, 15) is 24.6 Å². The molecule has 0 aliphatic carbocycles. The lowest BCUT2D eigenvalue weighted by Crippen LogP contribution is -2.53. The van der Waals surface area contributed by atoms with Gasteiger partial charge in [-0.25, -0.2) is 4.98 Å². The molecule has 0 saturated carbocycles. The molecule has 3 aromatic rings. The number of aryl methyl sites for hydroxylation is 2. The predicted molar refractivity (Wildman–Crippen MR) is 139 cm³/mol. The Morgan fingerprint density at radius 2 is 1.92 bits per heavy atom. The van der Waals surface area contributed by atoms with E-state index < -0.39 is 30.7 Å². The van der Waals surface area contributed by atoms with Crippen LogP contribution >= 0.6 is 11.3 Å². The number of aliphatic hydroxyl groups is 2. The van der Waals surface area contributed by atoms with Gasteiger partial charge in [-0.1, -0.05) is 42.5 Å². The van der Waals surface area contributed by atoms with Gasteiger partial charge in [-0.05, 0) is 36.1 Å². The number of carbonyl (C=O) groups excluding carboxylic acids is 3. The molecule has 1 aromatic heterocycles. The normalized spacial score (nSPS) is 19.8. The van der Waals surface area contributed by atoms with Crippen molar-refractivity contribution in [2.45, 2.75) is 50.9 Å². The zero-order valence-corrected chi connectivity index (χ0v) is 21.4. The Morgan fingerprint density at radius 3 is 2.59 bits per heavy atom. The van der Waals surface area contributed by atoms with Crippen molar-refractivity contribution in [3.63, 3.8) is 0 Å². The Morgan fingerprint density at radius 1 is 1.16 bits per heavy atom. The van der Waals surface area contributed by atoms with Gasteiger partial charge in [0, 0.05) is 31.5 Å². The van der Waals surface area contributed by atoms with Crippen LogP contribution in [0.1, 0.15) is 40.0 Å². The molecule has 1 saturated heterocycles. The molecule has 2 amide bonds. The minimum absolute atomic E-state index is 0.00359. The van der Waals surface area contributed by atoms with Crippen LogP contribution in [-0.4, -0.2) is 73.9 Å². The number of aliphatic hydroxyl groups excluding tert-OH is 2. The highest BCUT2D eigenvalue weighted by molar-refractivity contribution is 7.13. The van der Waals surface area contributed by atoms with Crippen LogP contribution in [0, 0.1) is 6.92 Å². The molecule has 37 heavy (non-hydrogen) atoms. The van der Waals surface area contributed by atoms with E-state index in [1.807, 2.05) is 48.8 Å². The number of Topliss-reactive ketones (excluding diaryl/α,β-unsaturated/α-hetero) is 1. The third-order valence-electron chi connectivity index (χ3n) is 7.24. The van der Waals surface area contributed by atoms with Gasteiger partial charge in [-0.2, -0.15) is 0 Å². The fourth-order valence-corrected chi connectivity index (χ4v) is 6.04. The summed E-state index contributed by atoms with van der Waals surface area (Å²) in [5, 5.41) is 20.4. The highest BCUT2D eigenvalue weighted by Gasteiger charge is 2.44. The first kappa shape index (κ1) is 25.3. The van der Waals surface area contributed by atoms with Gasteiger partial charge in [-0.15, -0.1) is 11.3 Å². The second-order valence-electron chi connectivity index (χ2n) is 9.61. The minimum atomic E-state index is -1.11. The molecule has 2 N–H and O–H groups in total. The highest BCUT2D eigenvalue weighted by Crippen LogP contribution is 2.29. The van der Waals surface area contributed by atoms with Crippen LogP contribution in [0.4, 0.5) is 0 Å². The van der Waals surface area contributed by atoms with Gasteiger partial charge in [0.2, 0.25) is 5.91 Å². The summed E-state index contributed by atoms with van der Waals surface area (Å²) in [6, 6.07) is 13.2. The molecule has 1 fully saturated rings. The van der Waals surface area contributed by atoms with Gasteiger partial charge < -0.3 is 20.0 Å². The standard InChI is InChI=1S/C28H29N3O5S/c1-17-26(37-16-29-17)19-9-6-18(7-10-19)8-11-25(34)23-12-21(33)14-31(23)28(36)24(15-32)30-13-20-4-2-3-5-22(20)27(30)35/h2-7,9-10,16,21,23-24,32-33H,8,11-15H2,1H3/t21-,23+,24+/m1/s1. The number of aromatic nitrogens is 1. The fourth-order valence-electron chi connectivity index (χ4n) is 5.23. The maximum atomic E-state index is 13.5. The van der Waals surface area contributed by atoms with Gasteiger partial charge in [0.05, 0.1) is 34.8 Å². The number of β-amino-alcohol motifs (C(OH)–C–C–N with tert-alkyl or cyclic N) is 1. The first-order chi connectivity index (χ1) is 17.9. The van der Waals surface area contributed by atoms with Crippen LogP contribution in [0.15, 0.2) is 54.0 Å². The molecular weight excluding hydrogens is 490 g/mol. The summed E-state index contributed by atoms with van der Waals surface area (Å²) in [6.07, 6.45) is 0.0580. The zero-order valence-electron chi connectivity index (χ0n) is 20.5. The fraction of sp³-hybridized carbons (Fsp3) is 0.357. The van der Waals surface area contributed by atoms with Crippen molar-refractivity contribution in [1.82, 2.24) is 14.8 Å². The molecule has 192 valence electrons. The van der Waals surface area contributed by atoms with E-state index in [4.69, 9.17) is 0 Å². The summed E-state index contributed by atoms with van der Waals surface area (Å²) < 4.78 is 0. The van der Waals surface area contributed by atoms with E-state index >= 15 is 0 Å². The largest absolute Gasteiger partial charge is 0.394 e. The summed E-state index contributed by atoms with van der Waals surface area (Å²) in [5.74, 6) is -0.967. The summed E-state index contributed by atoms with van der Waals surface area (Å²) in [4.78, 5) is 47.7. The van der Waals surface area contributed by atoms with E-state index in [1.54, 1.807) is 23.5 Å². The lowest BCUT2D eigenvalue weighted by Gasteiger charge is -2.31. The lowest BCUT2D eigenvalue weighted by molar-refractivity contribution is -0.142. The van der Waals surface area contributed by atoms with Crippen molar-refractivity contribution in [3.05, 3.63) is 76.4 Å². The second kappa shape index (κ2) is 10.5. The maximum absolute atomic E-state index is 13.5. The second-order valence-corrected chi connectivity index (χ2v) is 10.5. The number of ketones is 1. The first-order valence-corrected chi connectivity index (χ1v) is 13.3. The number of amides is 2. The monoisotopic (exact) mass is 519 g/mol. The Kier molecular flexibility index (Phi) is 7.19. The summed E-state index contributed by atoms with van der Waals surface area (Å²) in [7, 11) is 0. The summed E-state index contributed by atoms with van der Waals surface area (Å²) >= 11 is 1.59. The summed E-state index contributed by atoms with van der Waals surface area (Å²) in [6.45, 7) is 1.64. The highest BCUT2D eigenvalue weighted by atomic mass is 32.1. The molecule has 2 aliphatic rings. The first-order valence-electron chi connectivity index (χ1n) is 12.4. The summed E-state index contributed by atoms with van der Waals surface area (Å²) in [5.41, 5.74) is 6.20. The van der Waals surface area contributed by atoms with Gasteiger partial charge >= 0.3 is 0 Å². The van der Waals surface area contributed by atoms with Crippen LogP contribution in [-0.2, 0) is 22.6 Å². The van der Waals surface area contributed by atoms with E-state index in [-0.39, 0.29) is 37.6 Å². The number of hydrogen-bond donors (Lipinski definition) is 2. The van der Waals surface area contributed by atoms with E-state index in [1.165, 1.54) is 9.80 Å². The van der Waals surface area contributed by atoms with E-state index in [2.05, 4.69) is 4.98 Å². The van der Waals surface area contributed by atoms with Crippen LogP contribution in [0.2, 0.25) is 0 Å². The molecule has 8 nitrogen and oxygen atoms in total. The molecular formula is C28H29N3O5S. The molecule has 0 bridgehead atoms. The maximum Gasteiger partial charge on any atom is 0.255 e. The number of fused-ring (bicyclic) bond motifs is 1. The van der Waals surface area contributed by atoms with Crippen molar-refractivity contribution < 1.29 is 24.6 Å². The molecule has 0 unspecified atom stereocenters. The number of rotatable bonds is 8. The quantitative estimate of drug-likeness (QED) is 0.473. The minimum Gasteiger partial charge on any atom is -0.394 e. The van der Waals surface area contributed by atoms with Crippen molar-refractivity contribution in [3.8, 4) is 10.4 Å². The Labute approximate surface area is 219 Å². The number of hydrogen-bond acceptors (Lipinski definition) is 7. The average molecular weight is 520 g/mol. The molecule has 5 rings (SSSR count). The molecule has 3 heterocycles. The Hall–Kier alpha value is -3.40. The van der Waals surface area contributed by atoms with E-state index in [0.717, 1.165) is 27.3 Å². The number of thiazole rings is 1. The molecule has 2 aliphatic heterocycles. The van der Waals surface area contributed by atoms with Crippen molar-refractivity contribution in [1.29, 1.82) is 0 Å². The smallest absolute Gasteiger partial charge is 0.255 e. The van der Waals surface area contributed by atoms with E-state index in [0.29, 0.717) is 12.0 Å². The topological polar surface area (TPSA) is 111 Å². The molecule has 9 heteroatoms. The molecule has 3 atom stereocenters. The van der Waals surface area contributed by atoms with Crippen LogP contribution in [0.5, 0.6) is 0 Å². The van der Waals surface area contributed by atoms with Gasteiger partial charge in [-0.3, -0.25) is 14.4 Å². The van der Waals surface area contributed by atoms with Crippen LogP contribution in [0.3, 0.4) is 0 Å².